The second-order valence-corrected chi connectivity index (χ2v) is 6.44. The number of methoxy groups -OCH3 is 2. The van der Waals surface area contributed by atoms with Crippen LogP contribution in [0, 0.1) is 5.92 Å². The molecule has 0 saturated heterocycles. The zero-order chi connectivity index (χ0) is 19.8. The van der Waals surface area contributed by atoms with Gasteiger partial charge in [0, 0.05) is 5.56 Å². The van der Waals surface area contributed by atoms with Crippen molar-refractivity contribution in [1.82, 2.24) is 5.43 Å². The predicted molar refractivity (Wildman–Crippen MR) is 106 cm³/mol. The summed E-state index contributed by atoms with van der Waals surface area (Å²) in [5.41, 5.74) is 4.59. The van der Waals surface area contributed by atoms with Crippen LogP contribution in [0.1, 0.15) is 36.7 Å². The summed E-state index contributed by atoms with van der Waals surface area (Å²) >= 11 is 0. The van der Waals surface area contributed by atoms with E-state index in [1.54, 1.807) is 25.3 Å². The second kappa shape index (κ2) is 9.62. The van der Waals surface area contributed by atoms with Crippen molar-refractivity contribution < 1.29 is 19.0 Å². The van der Waals surface area contributed by atoms with E-state index in [2.05, 4.69) is 24.4 Å². The van der Waals surface area contributed by atoms with Gasteiger partial charge in [-0.2, -0.15) is 5.10 Å². The molecule has 1 N–H and O–H groups in total. The highest BCUT2D eigenvalue weighted by molar-refractivity contribution is 6.01. The Balaban J connectivity index is 2.03. The lowest BCUT2D eigenvalue weighted by molar-refractivity contribution is 0.0954. The van der Waals surface area contributed by atoms with Crippen LogP contribution >= 0.6 is 0 Å². The molecule has 0 spiro atoms. The van der Waals surface area contributed by atoms with Crippen LogP contribution < -0.4 is 19.6 Å². The van der Waals surface area contributed by atoms with Crippen molar-refractivity contribution in [1.29, 1.82) is 0 Å². The van der Waals surface area contributed by atoms with Crippen molar-refractivity contribution in [2.45, 2.75) is 20.8 Å². The van der Waals surface area contributed by atoms with Gasteiger partial charge in [0.2, 0.25) is 0 Å². The molecule has 0 aromatic heterocycles. The minimum Gasteiger partial charge on any atom is -0.493 e. The fourth-order valence-electron chi connectivity index (χ4n) is 2.30. The SMILES string of the molecule is COc1ccc(C(=O)N/N=C(/C)c2ccc(OCC(C)C)cc2)cc1OC. The summed E-state index contributed by atoms with van der Waals surface area (Å²) in [6.07, 6.45) is 0. The standard InChI is InChI=1S/C21H26N2O4/c1-14(2)13-27-18-9-6-16(7-10-18)15(3)22-23-21(24)17-8-11-19(25-4)20(12-17)26-5/h6-12,14H,13H2,1-5H3,(H,23,24)/b22-15-. The molecule has 0 aliphatic rings. The minimum absolute atomic E-state index is 0.327. The summed E-state index contributed by atoms with van der Waals surface area (Å²) in [5, 5.41) is 4.18. The van der Waals surface area contributed by atoms with Gasteiger partial charge in [-0.3, -0.25) is 4.79 Å². The quantitative estimate of drug-likeness (QED) is 0.565. The molecule has 2 aromatic rings. The number of amides is 1. The molecule has 0 unspecified atom stereocenters. The van der Waals surface area contributed by atoms with Crippen molar-refractivity contribution in [3.05, 3.63) is 53.6 Å². The minimum atomic E-state index is -0.327. The number of nitrogens with one attached hydrogen (secondary N) is 1. The second-order valence-electron chi connectivity index (χ2n) is 6.44. The number of hydrazone groups is 1. The number of nitrogens with zero attached hydrogens (tertiary/aromatic N) is 1. The number of hydrogen-bond donors (Lipinski definition) is 1. The average Bonchev–Trinajstić information content (AvgIpc) is 2.69. The Morgan fingerprint density at radius 2 is 1.63 bits per heavy atom. The maximum absolute atomic E-state index is 12.3. The summed E-state index contributed by atoms with van der Waals surface area (Å²) in [5.74, 6) is 2.01. The topological polar surface area (TPSA) is 69.2 Å². The molecule has 0 heterocycles. The van der Waals surface area contributed by atoms with Gasteiger partial charge < -0.3 is 14.2 Å². The van der Waals surface area contributed by atoms with Gasteiger partial charge in [0.15, 0.2) is 11.5 Å². The third-order valence-electron chi connectivity index (χ3n) is 3.83. The molecule has 6 heteroatoms. The Labute approximate surface area is 160 Å². The molecule has 0 saturated carbocycles. The van der Waals surface area contributed by atoms with Crippen LogP contribution in [0.3, 0.4) is 0 Å². The molecule has 2 aromatic carbocycles. The fourth-order valence-corrected chi connectivity index (χ4v) is 2.30. The number of hydrogen-bond acceptors (Lipinski definition) is 5. The number of ether oxygens (including phenoxy) is 3. The predicted octanol–water partition coefficient (Wildman–Crippen LogP) is 3.89. The van der Waals surface area contributed by atoms with E-state index >= 15 is 0 Å². The third-order valence-corrected chi connectivity index (χ3v) is 3.83. The Bertz CT molecular complexity index is 798. The van der Waals surface area contributed by atoms with Crippen LogP contribution in [-0.2, 0) is 0 Å². The molecule has 0 aliphatic carbocycles. The van der Waals surface area contributed by atoms with Gasteiger partial charge in [0.05, 0.1) is 26.5 Å². The molecule has 1 amide bonds. The Hall–Kier alpha value is -3.02. The third kappa shape index (κ3) is 5.74. The van der Waals surface area contributed by atoms with E-state index in [4.69, 9.17) is 14.2 Å². The normalized spacial score (nSPS) is 11.3. The molecular weight excluding hydrogens is 344 g/mol. The van der Waals surface area contributed by atoms with Crippen LogP contribution in [0.4, 0.5) is 0 Å². The molecular formula is C21H26N2O4. The van der Waals surface area contributed by atoms with Crippen LogP contribution in [0.5, 0.6) is 17.2 Å². The van der Waals surface area contributed by atoms with E-state index in [9.17, 15) is 4.79 Å². The molecule has 0 bridgehead atoms. The number of carbonyl (C=O) groups excluding carboxylic acids is 1. The maximum Gasteiger partial charge on any atom is 0.271 e. The summed E-state index contributed by atoms with van der Waals surface area (Å²) in [7, 11) is 3.07. The van der Waals surface area contributed by atoms with Crippen LogP contribution in [0.25, 0.3) is 0 Å². The number of benzene rings is 2. The van der Waals surface area contributed by atoms with Crippen LogP contribution in [0.15, 0.2) is 47.6 Å². The summed E-state index contributed by atoms with van der Waals surface area (Å²) in [4.78, 5) is 12.3. The van der Waals surface area contributed by atoms with E-state index in [0.29, 0.717) is 35.3 Å². The van der Waals surface area contributed by atoms with Crippen molar-refractivity contribution in [3.63, 3.8) is 0 Å². The van der Waals surface area contributed by atoms with E-state index < -0.39 is 0 Å². The number of carbonyl (C=O) groups is 1. The highest BCUT2D eigenvalue weighted by atomic mass is 16.5. The Morgan fingerprint density at radius 3 is 2.22 bits per heavy atom. The van der Waals surface area contributed by atoms with E-state index in [0.717, 1.165) is 11.3 Å². The Kier molecular flexibility index (Phi) is 7.23. The first kappa shape index (κ1) is 20.3. The van der Waals surface area contributed by atoms with Crippen LogP contribution in [-0.4, -0.2) is 32.4 Å². The molecule has 0 radical (unpaired) electrons. The zero-order valence-electron chi connectivity index (χ0n) is 16.4. The van der Waals surface area contributed by atoms with Gasteiger partial charge in [-0.25, -0.2) is 5.43 Å². The van der Waals surface area contributed by atoms with E-state index in [1.165, 1.54) is 7.11 Å². The first-order chi connectivity index (χ1) is 12.9. The summed E-state index contributed by atoms with van der Waals surface area (Å²) in [6.45, 7) is 6.71. The van der Waals surface area contributed by atoms with E-state index in [1.807, 2.05) is 31.2 Å². The Morgan fingerprint density at radius 1 is 1.00 bits per heavy atom. The van der Waals surface area contributed by atoms with Gasteiger partial charge >= 0.3 is 0 Å². The lowest BCUT2D eigenvalue weighted by Gasteiger charge is -2.10. The first-order valence-electron chi connectivity index (χ1n) is 8.74. The molecule has 27 heavy (non-hydrogen) atoms. The molecule has 144 valence electrons. The first-order valence-corrected chi connectivity index (χ1v) is 8.74. The average molecular weight is 370 g/mol. The molecule has 0 atom stereocenters. The van der Waals surface area contributed by atoms with Crippen molar-refractivity contribution >= 4 is 11.6 Å². The fraction of sp³-hybridized carbons (Fsp3) is 0.333. The van der Waals surface area contributed by atoms with Crippen molar-refractivity contribution in [3.8, 4) is 17.2 Å². The van der Waals surface area contributed by atoms with Gasteiger partial charge in [0.25, 0.3) is 5.91 Å². The van der Waals surface area contributed by atoms with Gasteiger partial charge in [-0.1, -0.05) is 13.8 Å². The summed E-state index contributed by atoms with van der Waals surface area (Å²) in [6, 6.07) is 12.6. The summed E-state index contributed by atoms with van der Waals surface area (Å²) < 4.78 is 16.1. The van der Waals surface area contributed by atoms with Gasteiger partial charge in [0.1, 0.15) is 5.75 Å². The maximum atomic E-state index is 12.3. The van der Waals surface area contributed by atoms with Crippen molar-refractivity contribution in [2.75, 3.05) is 20.8 Å². The molecule has 2 rings (SSSR count). The molecule has 0 fully saturated rings. The zero-order valence-corrected chi connectivity index (χ0v) is 16.4. The highest BCUT2D eigenvalue weighted by Crippen LogP contribution is 2.27. The van der Waals surface area contributed by atoms with Crippen molar-refractivity contribution in [2.24, 2.45) is 11.0 Å². The smallest absolute Gasteiger partial charge is 0.271 e. The lowest BCUT2D eigenvalue weighted by Crippen LogP contribution is -2.19. The van der Waals surface area contributed by atoms with Gasteiger partial charge in [-0.05, 0) is 60.9 Å². The molecule has 6 nitrogen and oxygen atoms in total. The molecule has 0 aliphatic heterocycles. The largest absolute Gasteiger partial charge is 0.493 e. The lowest BCUT2D eigenvalue weighted by atomic mass is 10.1. The monoisotopic (exact) mass is 370 g/mol. The highest BCUT2D eigenvalue weighted by Gasteiger charge is 2.10. The van der Waals surface area contributed by atoms with E-state index in [-0.39, 0.29) is 5.91 Å². The van der Waals surface area contributed by atoms with Crippen LogP contribution in [0.2, 0.25) is 0 Å². The number of rotatable bonds is 8. The van der Waals surface area contributed by atoms with Gasteiger partial charge in [-0.15, -0.1) is 0 Å².